The fourth-order valence-electron chi connectivity index (χ4n) is 2.83. The first kappa shape index (κ1) is 12.2. The Balaban J connectivity index is 1.75. The Morgan fingerprint density at radius 3 is 2.37 bits per heavy atom. The highest BCUT2D eigenvalue weighted by atomic mass is 19.1. The van der Waals surface area contributed by atoms with Crippen LogP contribution in [0.1, 0.15) is 12.5 Å². The minimum Gasteiger partial charge on any atom is -0.368 e. The van der Waals surface area contributed by atoms with Gasteiger partial charge < -0.3 is 4.90 Å². The predicted molar refractivity (Wildman–Crippen MR) is 76.8 cm³/mol. The molecule has 19 heavy (non-hydrogen) atoms. The van der Waals surface area contributed by atoms with E-state index in [1.807, 2.05) is 18.2 Å². The number of rotatable bonds is 3. The Hall–Kier alpha value is -1.83. The summed E-state index contributed by atoms with van der Waals surface area (Å²) in [6.45, 7) is 3.34. The number of hydrogen-bond donors (Lipinski definition) is 0. The van der Waals surface area contributed by atoms with Crippen LogP contribution in [0.5, 0.6) is 0 Å². The van der Waals surface area contributed by atoms with Crippen LogP contribution in [0.2, 0.25) is 0 Å². The van der Waals surface area contributed by atoms with E-state index in [0.717, 1.165) is 18.7 Å². The average molecular weight is 255 g/mol. The summed E-state index contributed by atoms with van der Waals surface area (Å²) in [6, 6.07) is 17.9. The summed E-state index contributed by atoms with van der Waals surface area (Å²) in [7, 11) is 0. The lowest BCUT2D eigenvalue weighted by Gasteiger charge is -2.48. The molecule has 0 saturated carbocycles. The molecule has 1 aliphatic rings. The molecular formula is C17H18FN. The third-order valence-corrected chi connectivity index (χ3v) is 3.99. The lowest BCUT2D eigenvalue weighted by atomic mass is 9.85. The van der Waals surface area contributed by atoms with Gasteiger partial charge in [0.15, 0.2) is 0 Å². The topological polar surface area (TPSA) is 3.24 Å². The van der Waals surface area contributed by atoms with Crippen LogP contribution < -0.4 is 4.90 Å². The first-order valence-corrected chi connectivity index (χ1v) is 6.80. The van der Waals surface area contributed by atoms with E-state index in [2.05, 4.69) is 36.1 Å². The van der Waals surface area contributed by atoms with Crippen molar-refractivity contribution in [2.75, 3.05) is 11.4 Å². The molecule has 0 radical (unpaired) electrons. The van der Waals surface area contributed by atoms with E-state index < -0.39 is 0 Å². The van der Waals surface area contributed by atoms with Gasteiger partial charge in [-0.3, -0.25) is 0 Å². The summed E-state index contributed by atoms with van der Waals surface area (Å²) < 4.78 is 13.0. The molecule has 1 nitrogen and oxygen atoms in total. The average Bonchev–Trinajstić information content (AvgIpc) is 2.45. The Bertz CT molecular complexity index is 535. The summed E-state index contributed by atoms with van der Waals surface area (Å²) in [5.41, 5.74) is 2.49. The van der Waals surface area contributed by atoms with Crippen LogP contribution in [0.25, 0.3) is 0 Å². The molecular weight excluding hydrogens is 237 g/mol. The van der Waals surface area contributed by atoms with Gasteiger partial charge in [-0.1, -0.05) is 37.3 Å². The monoisotopic (exact) mass is 255 g/mol. The SMILES string of the molecule is CC1CN(c2ccc(F)cc2)C1Cc1ccccc1. The van der Waals surface area contributed by atoms with Crippen LogP contribution in [-0.4, -0.2) is 12.6 Å². The summed E-state index contributed by atoms with van der Waals surface area (Å²) in [4.78, 5) is 2.37. The van der Waals surface area contributed by atoms with Gasteiger partial charge in [0.05, 0.1) is 0 Å². The fourth-order valence-corrected chi connectivity index (χ4v) is 2.83. The maximum atomic E-state index is 13.0. The number of halogens is 1. The van der Waals surface area contributed by atoms with Gasteiger partial charge in [0, 0.05) is 18.3 Å². The molecule has 98 valence electrons. The zero-order chi connectivity index (χ0) is 13.2. The maximum Gasteiger partial charge on any atom is 0.123 e. The number of hydrogen-bond acceptors (Lipinski definition) is 1. The van der Waals surface area contributed by atoms with Crippen molar-refractivity contribution in [1.82, 2.24) is 0 Å². The van der Waals surface area contributed by atoms with Crippen LogP contribution >= 0.6 is 0 Å². The number of anilines is 1. The van der Waals surface area contributed by atoms with E-state index in [9.17, 15) is 4.39 Å². The molecule has 2 aromatic rings. The van der Waals surface area contributed by atoms with Gasteiger partial charge in [-0.2, -0.15) is 0 Å². The molecule has 0 aliphatic carbocycles. The smallest absolute Gasteiger partial charge is 0.123 e. The van der Waals surface area contributed by atoms with Gasteiger partial charge in [0.2, 0.25) is 0 Å². The molecule has 2 unspecified atom stereocenters. The van der Waals surface area contributed by atoms with Crippen molar-refractivity contribution in [1.29, 1.82) is 0 Å². The van der Waals surface area contributed by atoms with Crippen molar-refractivity contribution < 1.29 is 4.39 Å². The molecule has 1 saturated heterocycles. The summed E-state index contributed by atoms with van der Waals surface area (Å²) in [5.74, 6) is 0.516. The van der Waals surface area contributed by atoms with Gasteiger partial charge in [-0.05, 0) is 42.2 Å². The zero-order valence-corrected chi connectivity index (χ0v) is 11.1. The molecule has 1 heterocycles. The van der Waals surface area contributed by atoms with E-state index in [0.29, 0.717) is 12.0 Å². The highest BCUT2D eigenvalue weighted by molar-refractivity contribution is 5.50. The number of benzene rings is 2. The van der Waals surface area contributed by atoms with Crippen LogP contribution in [0.3, 0.4) is 0 Å². The highest BCUT2D eigenvalue weighted by Crippen LogP contribution is 2.32. The second-order valence-electron chi connectivity index (χ2n) is 5.36. The molecule has 2 atom stereocenters. The Labute approximate surface area is 113 Å². The maximum absolute atomic E-state index is 13.0. The van der Waals surface area contributed by atoms with Gasteiger partial charge in [-0.25, -0.2) is 4.39 Å². The molecule has 2 aromatic carbocycles. The lowest BCUT2D eigenvalue weighted by Crippen LogP contribution is -2.56. The Kier molecular flexibility index (Phi) is 3.24. The normalized spacial score (nSPS) is 22.1. The Morgan fingerprint density at radius 1 is 1.05 bits per heavy atom. The van der Waals surface area contributed by atoms with Crippen molar-refractivity contribution in [3.05, 3.63) is 66.0 Å². The van der Waals surface area contributed by atoms with Crippen LogP contribution in [0.15, 0.2) is 54.6 Å². The largest absolute Gasteiger partial charge is 0.368 e. The minimum atomic E-state index is -0.170. The fraction of sp³-hybridized carbons (Fsp3) is 0.294. The van der Waals surface area contributed by atoms with Gasteiger partial charge in [0.25, 0.3) is 0 Å². The molecule has 0 bridgehead atoms. The van der Waals surface area contributed by atoms with Crippen molar-refractivity contribution in [3.63, 3.8) is 0 Å². The molecule has 1 fully saturated rings. The summed E-state index contributed by atoms with van der Waals surface area (Å²) >= 11 is 0. The molecule has 0 amide bonds. The lowest BCUT2D eigenvalue weighted by molar-refractivity contribution is 0.315. The third-order valence-electron chi connectivity index (χ3n) is 3.99. The molecule has 0 spiro atoms. The molecule has 1 aliphatic heterocycles. The van der Waals surface area contributed by atoms with Crippen LogP contribution in [-0.2, 0) is 6.42 Å². The van der Waals surface area contributed by atoms with Crippen LogP contribution in [0, 0.1) is 11.7 Å². The quantitative estimate of drug-likeness (QED) is 0.804. The minimum absolute atomic E-state index is 0.170. The molecule has 3 rings (SSSR count). The molecule has 0 aromatic heterocycles. The zero-order valence-electron chi connectivity index (χ0n) is 11.1. The van der Waals surface area contributed by atoms with E-state index in [1.54, 1.807) is 0 Å². The van der Waals surface area contributed by atoms with Crippen LogP contribution in [0.4, 0.5) is 10.1 Å². The van der Waals surface area contributed by atoms with Gasteiger partial charge >= 0.3 is 0 Å². The van der Waals surface area contributed by atoms with E-state index in [4.69, 9.17) is 0 Å². The van der Waals surface area contributed by atoms with Gasteiger partial charge in [-0.15, -0.1) is 0 Å². The summed E-state index contributed by atoms with van der Waals surface area (Å²) in [6.07, 6.45) is 1.05. The summed E-state index contributed by atoms with van der Waals surface area (Å²) in [5, 5.41) is 0. The van der Waals surface area contributed by atoms with Crippen molar-refractivity contribution in [2.45, 2.75) is 19.4 Å². The second-order valence-corrected chi connectivity index (χ2v) is 5.36. The van der Waals surface area contributed by atoms with E-state index in [-0.39, 0.29) is 5.82 Å². The van der Waals surface area contributed by atoms with E-state index >= 15 is 0 Å². The first-order chi connectivity index (χ1) is 9.24. The first-order valence-electron chi connectivity index (χ1n) is 6.80. The second kappa shape index (κ2) is 5.04. The molecule has 0 N–H and O–H groups in total. The van der Waals surface area contributed by atoms with E-state index in [1.165, 1.54) is 17.7 Å². The van der Waals surface area contributed by atoms with Crippen molar-refractivity contribution in [3.8, 4) is 0 Å². The third kappa shape index (κ3) is 2.48. The Morgan fingerprint density at radius 2 is 1.74 bits per heavy atom. The van der Waals surface area contributed by atoms with Crippen molar-refractivity contribution in [2.24, 2.45) is 5.92 Å². The van der Waals surface area contributed by atoms with Crippen molar-refractivity contribution >= 4 is 5.69 Å². The van der Waals surface area contributed by atoms with Gasteiger partial charge in [0.1, 0.15) is 5.82 Å². The highest BCUT2D eigenvalue weighted by Gasteiger charge is 2.35. The molecule has 2 heteroatoms. The standard InChI is InChI=1S/C17H18FN/c1-13-12-19(16-9-7-15(18)8-10-16)17(13)11-14-5-3-2-4-6-14/h2-10,13,17H,11-12H2,1H3. The number of nitrogens with zero attached hydrogens (tertiary/aromatic N) is 1. The predicted octanol–water partition coefficient (Wildman–Crippen LogP) is 3.89.